The molecule has 0 spiro atoms. The van der Waals surface area contributed by atoms with Gasteiger partial charge in [-0.05, 0) is 41.8 Å². The summed E-state index contributed by atoms with van der Waals surface area (Å²) in [6, 6.07) is 11.5. The van der Waals surface area contributed by atoms with Crippen LogP contribution in [0.4, 0.5) is 4.39 Å². The quantitative estimate of drug-likeness (QED) is 0.761. The molecular weight excluding hydrogens is 367 g/mol. The van der Waals surface area contributed by atoms with Gasteiger partial charge in [-0.25, -0.2) is 12.8 Å². The number of hydrogen-bond acceptors (Lipinski definition) is 3. The maximum absolute atomic E-state index is 13.3. The van der Waals surface area contributed by atoms with Crippen LogP contribution in [0.2, 0.25) is 0 Å². The van der Waals surface area contributed by atoms with Gasteiger partial charge in [0.2, 0.25) is 15.9 Å². The molecule has 27 heavy (non-hydrogen) atoms. The molecule has 1 unspecified atom stereocenters. The molecule has 1 atom stereocenters. The summed E-state index contributed by atoms with van der Waals surface area (Å²) in [6.07, 6.45) is 4.12. The molecule has 0 N–H and O–H groups in total. The lowest BCUT2D eigenvalue weighted by Gasteiger charge is -2.36. The summed E-state index contributed by atoms with van der Waals surface area (Å²) in [5.74, 6) is -0.714. The Labute approximate surface area is 157 Å². The van der Waals surface area contributed by atoms with Crippen molar-refractivity contribution in [1.82, 2.24) is 9.21 Å². The molecule has 0 saturated carbocycles. The van der Waals surface area contributed by atoms with Crippen LogP contribution in [-0.4, -0.2) is 42.7 Å². The first-order chi connectivity index (χ1) is 13.0. The second-order valence-corrected chi connectivity index (χ2v) is 8.60. The van der Waals surface area contributed by atoms with Crippen LogP contribution in [-0.2, 0) is 27.8 Å². The topological polar surface area (TPSA) is 57.7 Å². The van der Waals surface area contributed by atoms with E-state index in [0.717, 1.165) is 23.3 Å². The van der Waals surface area contributed by atoms with Crippen molar-refractivity contribution in [2.45, 2.75) is 23.9 Å². The standard InChI is InChI=1S/C20H19FN2O3S/c21-17-7-9-18(10-8-17)27(25,26)23-14-16-6-2-1-5-15(16)13-19(23)20(24)22-11-3-4-12-22/h1-10,19H,11-14H2. The molecule has 0 aliphatic carbocycles. The van der Waals surface area contributed by atoms with E-state index < -0.39 is 21.9 Å². The number of sulfonamides is 1. The first-order valence-corrected chi connectivity index (χ1v) is 10.2. The lowest BCUT2D eigenvalue weighted by molar-refractivity contribution is -0.134. The van der Waals surface area contributed by atoms with Crippen LogP contribution in [0.3, 0.4) is 0 Å². The lowest BCUT2D eigenvalue weighted by atomic mass is 9.95. The fourth-order valence-electron chi connectivity index (χ4n) is 3.57. The molecule has 0 saturated heterocycles. The summed E-state index contributed by atoms with van der Waals surface area (Å²) in [7, 11) is -3.95. The van der Waals surface area contributed by atoms with Gasteiger partial charge in [-0.1, -0.05) is 36.4 Å². The van der Waals surface area contributed by atoms with Crippen LogP contribution in [0.25, 0.3) is 0 Å². The van der Waals surface area contributed by atoms with E-state index in [-0.39, 0.29) is 17.3 Å². The third-order valence-corrected chi connectivity index (χ3v) is 6.91. The minimum atomic E-state index is -3.95. The Morgan fingerprint density at radius 1 is 0.963 bits per heavy atom. The van der Waals surface area contributed by atoms with Gasteiger partial charge in [-0.2, -0.15) is 4.31 Å². The predicted molar refractivity (Wildman–Crippen MR) is 98.8 cm³/mol. The maximum atomic E-state index is 13.3. The number of carbonyl (C=O) groups is 1. The molecule has 1 amide bonds. The fraction of sp³-hybridized carbons (Fsp3) is 0.250. The highest BCUT2D eigenvalue weighted by atomic mass is 32.2. The average Bonchev–Trinajstić information content (AvgIpc) is 3.21. The van der Waals surface area contributed by atoms with Crippen molar-refractivity contribution < 1.29 is 17.6 Å². The second kappa shape index (κ2) is 6.90. The molecule has 4 rings (SSSR count). The van der Waals surface area contributed by atoms with Crippen molar-refractivity contribution in [2.75, 3.05) is 13.1 Å². The van der Waals surface area contributed by atoms with Crippen molar-refractivity contribution in [3.63, 3.8) is 0 Å². The molecule has 2 aromatic rings. The van der Waals surface area contributed by atoms with Crippen LogP contribution in [0.15, 0.2) is 65.6 Å². The van der Waals surface area contributed by atoms with Crippen LogP contribution in [0.1, 0.15) is 11.1 Å². The zero-order valence-corrected chi connectivity index (χ0v) is 15.4. The Hall–Kier alpha value is -2.51. The molecule has 2 aromatic carbocycles. The normalized spacial score (nSPS) is 19.9. The Bertz CT molecular complexity index is 994. The molecule has 7 heteroatoms. The Balaban J connectivity index is 1.74. The van der Waals surface area contributed by atoms with Gasteiger partial charge in [0.05, 0.1) is 4.90 Å². The van der Waals surface area contributed by atoms with E-state index in [0.29, 0.717) is 19.5 Å². The first kappa shape index (κ1) is 17.9. The molecule has 0 bridgehead atoms. The van der Waals surface area contributed by atoms with E-state index in [1.165, 1.54) is 16.4 Å². The van der Waals surface area contributed by atoms with E-state index in [2.05, 4.69) is 0 Å². The predicted octanol–water partition coefficient (Wildman–Crippen LogP) is 2.34. The molecule has 2 aliphatic heterocycles. The highest BCUT2D eigenvalue weighted by molar-refractivity contribution is 7.89. The fourth-order valence-corrected chi connectivity index (χ4v) is 5.13. The van der Waals surface area contributed by atoms with E-state index in [9.17, 15) is 17.6 Å². The minimum Gasteiger partial charge on any atom is -0.334 e. The molecule has 2 heterocycles. The molecule has 0 radical (unpaired) electrons. The summed E-state index contributed by atoms with van der Waals surface area (Å²) in [5.41, 5.74) is 1.86. The van der Waals surface area contributed by atoms with E-state index >= 15 is 0 Å². The Kier molecular flexibility index (Phi) is 4.57. The number of amides is 1. The number of hydrogen-bond donors (Lipinski definition) is 0. The summed E-state index contributed by atoms with van der Waals surface area (Å²) < 4.78 is 41.0. The number of rotatable bonds is 3. The van der Waals surface area contributed by atoms with Crippen molar-refractivity contribution in [3.8, 4) is 0 Å². The minimum absolute atomic E-state index is 0.0133. The molecule has 0 aromatic heterocycles. The van der Waals surface area contributed by atoms with Crippen molar-refractivity contribution >= 4 is 15.9 Å². The zero-order chi connectivity index (χ0) is 19.0. The molecular formula is C20H19FN2O3S. The van der Waals surface area contributed by atoms with E-state index in [4.69, 9.17) is 0 Å². The van der Waals surface area contributed by atoms with Gasteiger partial charge in [0.1, 0.15) is 11.9 Å². The SMILES string of the molecule is O=C(C1Cc2ccccc2CN1S(=O)(=O)c1ccc(F)cc1)N1CC=CC1. The molecule has 2 aliphatic rings. The molecule has 5 nitrogen and oxygen atoms in total. The van der Waals surface area contributed by atoms with Crippen molar-refractivity contribution in [2.24, 2.45) is 0 Å². The average molecular weight is 386 g/mol. The van der Waals surface area contributed by atoms with Gasteiger partial charge in [0.25, 0.3) is 0 Å². The highest BCUT2D eigenvalue weighted by Crippen LogP contribution is 2.30. The Morgan fingerprint density at radius 2 is 1.59 bits per heavy atom. The van der Waals surface area contributed by atoms with E-state index in [1.807, 2.05) is 36.4 Å². The van der Waals surface area contributed by atoms with Crippen molar-refractivity contribution in [3.05, 3.63) is 77.6 Å². The summed E-state index contributed by atoms with van der Waals surface area (Å²) in [6.45, 7) is 1.09. The third-order valence-electron chi connectivity index (χ3n) is 5.04. The summed E-state index contributed by atoms with van der Waals surface area (Å²) >= 11 is 0. The largest absolute Gasteiger partial charge is 0.334 e. The van der Waals surface area contributed by atoms with Gasteiger partial charge >= 0.3 is 0 Å². The maximum Gasteiger partial charge on any atom is 0.244 e. The molecule has 0 fully saturated rings. The van der Waals surface area contributed by atoms with Crippen molar-refractivity contribution in [1.29, 1.82) is 0 Å². The first-order valence-electron chi connectivity index (χ1n) is 8.75. The number of carbonyl (C=O) groups excluding carboxylic acids is 1. The lowest BCUT2D eigenvalue weighted by Crippen LogP contribution is -2.53. The summed E-state index contributed by atoms with van der Waals surface area (Å²) in [5, 5.41) is 0. The van der Waals surface area contributed by atoms with Crippen LogP contribution in [0.5, 0.6) is 0 Å². The van der Waals surface area contributed by atoms with Gasteiger partial charge in [0, 0.05) is 19.6 Å². The third kappa shape index (κ3) is 3.28. The molecule has 140 valence electrons. The number of benzene rings is 2. The monoisotopic (exact) mass is 386 g/mol. The van der Waals surface area contributed by atoms with E-state index in [1.54, 1.807) is 4.90 Å². The van der Waals surface area contributed by atoms with Gasteiger partial charge < -0.3 is 4.90 Å². The van der Waals surface area contributed by atoms with Crippen LogP contribution in [0, 0.1) is 5.82 Å². The zero-order valence-electron chi connectivity index (χ0n) is 14.6. The Morgan fingerprint density at radius 3 is 2.26 bits per heavy atom. The van der Waals surface area contributed by atoms with Gasteiger partial charge in [-0.3, -0.25) is 4.79 Å². The van der Waals surface area contributed by atoms with Crippen LogP contribution >= 0.6 is 0 Å². The summed E-state index contributed by atoms with van der Waals surface area (Å²) in [4.78, 5) is 14.7. The van der Waals surface area contributed by atoms with Gasteiger partial charge in [-0.15, -0.1) is 0 Å². The smallest absolute Gasteiger partial charge is 0.244 e. The highest BCUT2D eigenvalue weighted by Gasteiger charge is 2.41. The number of halogens is 1. The second-order valence-electron chi connectivity index (χ2n) is 6.71. The number of fused-ring (bicyclic) bond motifs is 1. The van der Waals surface area contributed by atoms with Crippen LogP contribution < -0.4 is 0 Å². The van der Waals surface area contributed by atoms with Gasteiger partial charge in [0.15, 0.2) is 0 Å². The number of nitrogens with zero attached hydrogens (tertiary/aromatic N) is 2.